The molecule has 2 amide bonds. The van der Waals surface area contributed by atoms with Crippen LogP contribution in [0.1, 0.15) is 43.5 Å². The minimum absolute atomic E-state index is 0.250. The standard InChI is InChI=1S/C22H29ClN4O/c1-3-9-27(10-4-2)21-12-16-11-20(24-14-17(16)13-21)15-25-22(28)26-19-7-5-18(23)6-8-19/h5-8,11,14,21H,3-4,9-10,12-13,15H2,1-2H3,(H2,25,26,28). The number of nitrogens with zero attached hydrogens (tertiary/aromatic N) is 2. The van der Waals surface area contributed by atoms with E-state index >= 15 is 0 Å². The Morgan fingerprint density at radius 1 is 1.14 bits per heavy atom. The highest BCUT2D eigenvalue weighted by molar-refractivity contribution is 6.30. The van der Waals surface area contributed by atoms with Gasteiger partial charge in [-0.25, -0.2) is 4.79 Å². The lowest BCUT2D eigenvalue weighted by atomic mass is 10.1. The molecular formula is C22H29ClN4O. The maximum Gasteiger partial charge on any atom is 0.319 e. The van der Waals surface area contributed by atoms with Crippen molar-refractivity contribution in [3.05, 3.63) is 58.4 Å². The van der Waals surface area contributed by atoms with Crippen molar-refractivity contribution < 1.29 is 4.79 Å². The van der Waals surface area contributed by atoms with E-state index < -0.39 is 0 Å². The van der Waals surface area contributed by atoms with Crippen LogP contribution in [0.2, 0.25) is 5.02 Å². The summed E-state index contributed by atoms with van der Waals surface area (Å²) in [5.41, 5.74) is 4.31. The molecule has 2 aromatic rings. The van der Waals surface area contributed by atoms with Gasteiger partial charge in [-0.3, -0.25) is 9.88 Å². The lowest BCUT2D eigenvalue weighted by molar-refractivity contribution is 0.202. The van der Waals surface area contributed by atoms with Crippen molar-refractivity contribution in [3.8, 4) is 0 Å². The number of carbonyl (C=O) groups is 1. The van der Waals surface area contributed by atoms with E-state index in [1.54, 1.807) is 24.3 Å². The Morgan fingerprint density at radius 3 is 2.50 bits per heavy atom. The smallest absolute Gasteiger partial charge is 0.319 e. The second kappa shape index (κ2) is 9.89. The van der Waals surface area contributed by atoms with E-state index in [2.05, 4.69) is 40.4 Å². The Bertz CT molecular complexity index is 788. The lowest BCUT2D eigenvalue weighted by Crippen LogP contribution is -2.37. The molecule has 6 heteroatoms. The van der Waals surface area contributed by atoms with E-state index in [0.717, 1.165) is 31.6 Å². The lowest BCUT2D eigenvalue weighted by Gasteiger charge is -2.27. The molecule has 1 aromatic heterocycles. The van der Waals surface area contributed by atoms with Gasteiger partial charge in [0.25, 0.3) is 0 Å². The number of carbonyl (C=O) groups excluding carboxylic acids is 1. The van der Waals surface area contributed by atoms with Crippen LogP contribution in [0, 0.1) is 0 Å². The van der Waals surface area contributed by atoms with Gasteiger partial charge in [0.2, 0.25) is 0 Å². The van der Waals surface area contributed by atoms with Crippen LogP contribution in [-0.2, 0) is 19.4 Å². The molecule has 2 N–H and O–H groups in total. The third-order valence-corrected chi connectivity index (χ3v) is 5.37. The van der Waals surface area contributed by atoms with Gasteiger partial charge < -0.3 is 10.6 Å². The molecule has 28 heavy (non-hydrogen) atoms. The Kier molecular flexibility index (Phi) is 7.29. The topological polar surface area (TPSA) is 57.3 Å². The van der Waals surface area contributed by atoms with Crippen LogP contribution in [0.25, 0.3) is 0 Å². The zero-order valence-electron chi connectivity index (χ0n) is 16.7. The van der Waals surface area contributed by atoms with E-state index in [0.29, 0.717) is 23.3 Å². The molecule has 5 nitrogen and oxygen atoms in total. The molecule has 0 aliphatic heterocycles. The normalized spacial score (nSPS) is 15.5. The van der Waals surface area contributed by atoms with Gasteiger partial charge in [0.1, 0.15) is 0 Å². The average Bonchev–Trinajstić information content (AvgIpc) is 3.11. The minimum atomic E-state index is -0.250. The number of rotatable bonds is 8. The molecule has 1 aliphatic rings. The Labute approximate surface area is 172 Å². The quantitative estimate of drug-likeness (QED) is 0.678. The predicted molar refractivity (Wildman–Crippen MR) is 115 cm³/mol. The number of urea groups is 1. The number of hydrogen-bond donors (Lipinski definition) is 2. The summed E-state index contributed by atoms with van der Waals surface area (Å²) in [7, 11) is 0. The highest BCUT2D eigenvalue weighted by atomic mass is 35.5. The van der Waals surface area contributed by atoms with Crippen molar-refractivity contribution in [2.75, 3.05) is 18.4 Å². The summed E-state index contributed by atoms with van der Waals surface area (Å²) in [6, 6.07) is 9.51. The van der Waals surface area contributed by atoms with Gasteiger partial charge in [-0.15, -0.1) is 0 Å². The molecule has 1 atom stereocenters. The summed E-state index contributed by atoms with van der Waals surface area (Å²) in [4.78, 5) is 19.3. The number of amides is 2. The molecule has 1 unspecified atom stereocenters. The van der Waals surface area contributed by atoms with E-state index in [4.69, 9.17) is 11.6 Å². The number of nitrogens with one attached hydrogen (secondary N) is 2. The maximum absolute atomic E-state index is 12.1. The molecule has 3 rings (SSSR count). The van der Waals surface area contributed by atoms with Crippen LogP contribution in [0.4, 0.5) is 10.5 Å². The number of anilines is 1. The van der Waals surface area contributed by atoms with Crippen molar-refractivity contribution in [1.29, 1.82) is 0 Å². The molecular weight excluding hydrogens is 372 g/mol. The fraction of sp³-hybridized carbons (Fsp3) is 0.455. The van der Waals surface area contributed by atoms with Crippen molar-refractivity contribution in [2.24, 2.45) is 0 Å². The van der Waals surface area contributed by atoms with Crippen LogP contribution in [0.3, 0.4) is 0 Å². The fourth-order valence-corrected chi connectivity index (χ4v) is 3.94. The summed E-state index contributed by atoms with van der Waals surface area (Å²) in [5, 5.41) is 6.31. The molecule has 0 saturated carbocycles. The van der Waals surface area contributed by atoms with Crippen molar-refractivity contribution in [3.63, 3.8) is 0 Å². The zero-order chi connectivity index (χ0) is 19.9. The molecule has 0 fully saturated rings. The zero-order valence-corrected chi connectivity index (χ0v) is 17.4. The summed E-state index contributed by atoms with van der Waals surface area (Å²) >= 11 is 5.86. The van der Waals surface area contributed by atoms with Crippen LogP contribution < -0.4 is 10.6 Å². The van der Waals surface area contributed by atoms with Crippen LogP contribution in [0.15, 0.2) is 36.5 Å². The second-order valence-electron chi connectivity index (χ2n) is 7.36. The van der Waals surface area contributed by atoms with E-state index in [9.17, 15) is 4.79 Å². The number of pyridine rings is 1. The summed E-state index contributed by atoms with van der Waals surface area (Å²) in [5.74, 6) is 0. The van der Waals surface area contributed by atoms with E-state index in [1.165, 1.54) is 24.0 Å². The molecule has 1 aromatic carbocycles. The minimum Gasteiger partial charge on any atom is -0.332 e. The molecule has 1 aliphatic carbocycles. The monoisotopic (exact) mass is 400 g/mol. The Hall–Kier alpha value is -2.11. The Balaban J connectivity index is 1.54. The van der Waals surface area contributed by atoms with Crippen molar-refractivity contribution in [1.82, 2.24) is 15.2 Å². The van der Waals surface area contributed by atoms with Crippen LogP contribution in [0.5, 0.6) is 0 Å². The highest BCUT2D eigenvalue weighted by Crippen LogP contribution is 2.26. The summed E-state index contributed by atoms with van der Waals surface area (Å²) in [6.45, 7) is 7.19. The fourth-order valence-electron chi connectivity index (χ4n) is 3.81. The number of benzene rings is 1. The van der Waals surface area contributed by atoms with Crippen molar-refractivity contribution >= 4 is 23.3 Å². The second-order valence-corrected chi connectivity index (χ2v) is 7.79. The van der Waals surface area contributed by atoms with Gasteiger partial charge in [-0.1, -0.05) is 25.4 Å². The van der Waals surface area contributed by atoms with Gasteiger partial charge in [0, 0.05) is 22.9 Å². The van der Waals surface area contributed by atoms with Crippen LogP contribution in [-0.4, -0.2) is 35.0 Å². The number of halogens is 1. The molecule has 150 valence electrons. The SMILES string of the molecule is CCCN(CCC)C1Cc2cnc(CNC(=O)Nc3ccc(Cl)cc3)cc2C1. The molecule has 0 spiro atoms. The molecule has 1 heterocycles. The summed E-state index contributed by atoms with van der Waals surface area (Å²) < 4.78 is 0. The van der Waals surface area contributed by atoms with Crippen LogP contribution >= 0.6 is 11.6 Å². The molecule has 0 bridgehead atoms. The molecule has 0 saturated heterocycles. The molecule has 0 radical (unpaired) electrons. The third-order valence-electron chi connectivity index (χ3n) is 5.12. The van der Waals surface area contributed by atoms with Gasteiger partial charge in [-0.05, 0) is 80.2 Å². The van der Waals surface area contributed by atoms with E-state index in [1.807, 2.05) is 6.20 Å². The first-order valence-electron chi connectivity index (χ1n) is 10.1. The van der Waals surface area contributed by atoms with Crippen molar-refractivity contribution in [2.45, 2.75) is 52.1 Å². The average molecular weight is 401 g/mol. The highest BCUT2D eigenvalue weighted by Gasteiger charge is 2.26. The summed E-state index contributed by atoms with van der Waals surface area (Å²) in [6.07, 6.45) is 6.50. The number of hydrogen-bond acceptors (Lipinski definition) is 3. The predicted octanol–water partition coefficient (Wildman–Crippen LogP) is 4.65. The maximum atomic E-state index is 12.1. The number of fused-ring (bicyclic) bond motifs is 1. The van der Waals surface area contributed by atoms with E-state index in [-0.39, 0.29) is 6.03 Å². The van der Waals surface area contributed by atoms with Gasteiger partial charge in [-0.2, -0.15) is 0 Å². The number of aromatic nitrogens is 1. The Morgan fingerprint density at radius 2 is 1.82 bits per heavy atom. The first-order chi connectivity index (χ1) is 13.6. The van der Waals surface area contributed by atoms with Gasteiger partial charge in [0.15, 0.2) is 0 Å². The van der Waals surface area contributed by atoms with Gasteiger partial charge in [0.05, 0.1) is 12.2 Å². The first kappa shape index (κ1) is 20.6. The largest absolute Gasteiger partial charge is 0.332 e. The van der Waals surface area contributed by atoms with Gasteiger partial charge >= 0.3 is 6.03 Å². The first-order valence-corrected chi connectivity index (χ1v) is 10.5. The third kappa shape index (κ3) is 5.46.